The Morgan fingerprint density at radius 3 is 2.67 bits per heavy atom. The van der Waals surface area contributed by atoms with E-state index in [0.29, 0.717) is 11.3 Å². The summed E-state index contributed by atoms with van der Waals surface area (Å²) >= 11 is 0. The van der Waals surface area contributed by atoms with Crippen LogP contribution < -0.4 is 10.6 Å². The van der Waals surface area contributed by atoms with E-state index in [1.165, 1.54) is 11.1 Å². The molecule has 0 aromatic heterocycles. The maximum absolute atomic E-state index is 12.0. The number of hydrogen-bond donors (Lipinski definition) is 2. The van der Waals surface area contributed by atoms with E-state index in [-0.39, 0.29) is 12.5 Å². The van der Waals surface area contributed by atoms with Crippen LogP contribution in [0.1, 0.15) is 33.5 Å². The van der Waals surface area contributed by atoms with Crippen LogP contribution in [0.4, 0.5) is 5.69 Å². The van der Waals surface area contributed by atoms with Gasteiger partial charge in [0.25, 0.3) is 11.8 Å². The second-order valence-electron chi connectivity index (χ2n) is 6.60. The number of nitrogens with one attached hydrogen (secondary N) is 2. The molecule has 1 aliphatic rings. The van der Waals surface area contributed by atoms with Gasteiger partial charge in [-0.15, -0.1) is 0 Å². The normalized spacial score (nSPS) is 12.2. The molecule has 0 aliphatic heterocycles. The highest BCUT2D eigenvalue weighted by Gasteiger charge is 2.13. The third-order valence-electron chi connectivity index (χ3n) is 4.42. The molecule has 0 unspecified atom stereocenters. The predicted octanol–water partition coefficient (Wildman–Crippen LogP) is 2.40. The number of amides is 2. The molecule has 0 fully saturated rings. The lowest BCUT2D eigenvalue weighted by atomic mass is 10.1. The molecule has 0 saturated carbocycles. The van der Waals surface area contributed by atoms with Crippen molar-refractivity contribution in [2.75, 3.05) is 18.5 Å². The lowest BCUT2D eigenvalue weighted by Gasteiger charge is -2.09. The number of carbonyl (C=O) groups excluding carboxylic acids is 3. The van der Waals surface area contributed by atoms with Crippen LogP contribution in [0.25, 0.3) is 0 Å². The molecule has 2 aromatic rings. The topological polar surface area (TPSA) is 84.5 Å². The van der Waals surface area contributed by atoms with Crippen molar-refractivity contribution >= 4 is 23.5 Å². The lowest BCUT2D eigenvalue weighted by Crippen LogP contribution is -2.32. The Bertz CT molecular complexity index is 876. The SMILES string of the molecule is Cc1cccc(C(=O)NCC(=O)OCC(=O)Nc2ccc3c(c2)CCC3)c1. The minimum atomic E-state index is -0.667. The van der Waals surface area contributed by atoms with Crippen molar-refractivity contribution in [3.8, 4) is 0 Å². The summed E-state index contributed by atoms with van der Waals surface area (Å²) in [7, 11) is 0. The maximum atomic E-state index is 12.0. The van der Waals surface area contributed by atoms with E-state index in [9.17, 15) is 14.4 Å². The zero-order valence-corrected chi connectivity index (χ0v) is 15.2. The number of aryl methyl sites for hydroxylation is 3. The van der Waals surface area contributed by atoms with E-state index in [4.69, 9.17) is 4.74 Å². The Morgan fingerprint density at radius 2 is 1.85 bits per heavy atom. The second-order valence-corrected chi connectivity index (χ2v) is 6.60. The van der Waals surface area contributed by atoms with Crippen LogP contribution in [0.3, 0.4) is 0 Å². The third kappa shape index (κ3) is 5.17. The minimum Gasteiger partial charge on any atom is -0.454 e. The molecule has 0 saturated heterocycles. The summed E-state index contributed by atoms with van der Waals surface area (Å²) in [4.78, 5) is 35.7. The monoisotopic (exact) mass is 366 g/mol. The van der Waals surface area contributed by atoms with Gasteiger partial charge in [-0.2, -0.15) is 0 Å². The van der Waals surface area contributed by atoms with Gasteiger partial charge < -0.3 is 15.4 Å². The number of carbonyl (C=O) groups is 3. The van der Waals surface area contributed by atoms with Gasteiger partial charge in [-0.05, 0) is 61.6 Å². The molecular formula is C21H22N2O4. The van der Waals surface area contributed by atoms with Crippen molar-refractivity contribution in [2.45, 2.75) is 26.2 Å². The summed E-state index contributed by atoms with van der Waals surface area (Å²) in [5.74, 6) is -1.44. The number of esters is 1. The highest BCUT2D eigenvalue weighted by molar-refractivity contribution is 5.96. The van der Waals surface area contributed by atoms with Crippen LogP contribution >= 0.6 is 0 Å². The van der Waals surface area contributed by atoms with Crippen LogP contribution in [0.2, 0.25) is 0 Å². The highest BCUT2D eigenvalue weighted by Crippen LogP contribution is 2.24. The number of benzene rings is 2. The average molecular weight is 366 g/mol. The van der Waals surface area contributed by atoms with Gasteiger partial charge in [0, 0.05) is 11.3 Å². The number of rotatable bonds is 6. The average Bonchev–Trinajstić information content (AvgIpc) is 3.12. The molecule has 6 nitrogen and oxygen atoms in total. The molecule has 0 spiro atoms. The molecule has 0 atom stereocenters. The Labute approximate surface area is 157 Å². The van der Waals surface area contributed by atoms with Gasteiger partial charge in [0.15, 0.2) is 6.61 Å². The first-order valence-corrected chi connectivity index (χ1v) is 8.93. The van der Waals surface area contributed by atoms with Gasteiger partial charge in [0.2, 0.25) is 0 Å². The first kappa shape index (κ1) is 18.6. The molecule has 0 heterocycles. The van der Waals surface area contributed by atoms with Crippen molar-refractivity contribution in [3.05, 3.63) is 64.7 Å². The molecule has 27 heavy (non-hydrogen) atoms. The summed E-state index contributed by atoms with van der Waals surface area (Å²) in [5.41, 5.74) is 4.70. The molecule has 2 aromatic carbocycles. The Hall–Kier alpha value is -3.15. The molecule has 2 N–H and O–H groups in total. The number of anilines is 1. The Morgan fingerprint density at radius 1 is 1.04 bits per heavy atom. The van der Waals surface area contributed by atoms with E-state index in [1.54, 1.807) is 18.2 Å². The quantitative estimate of drug-likeness (QED) is 0.769. The van der Waals surface area contributed by atoms with Crippen LogP contribution in [0, 0.1) is 6.92 Å². The Kier molecular flexibility index (Phi) is 5.86. The molecule has 6 heteroatoms. The zero-order chi connectivity index (χ0) is 19.2. The zero-order valence-electron chi connectivity index (χ0n) is 15.2. The first-order valence-electron chi connectivity index (χ1n) is 8.93. The predicted molar refractivity (Wildman–Crippen MR) is 102 cm³/mol. The molecule has 1 aliphatic carbocycles. The lowest BCUT2D eigenvalue weighted by molar-refractivity contribution is -0.146. The van der Waals surface area contributed by atoms with Gasteiger partial charge >= 0.3 is 5.97 Å². The van der Waals surface area contributed by atoms with Gasteiger partial charge in [-0.3, -0.25) is 14.4 Å². The minimum absolute atomic E-state index is 0.293. The largest absolute Gasteiger partial charge is 0.454 e. The summed E-state index contributed by atoms with van der Waals surface area (Å²) in [6, 6.07) is 12.9. The molecule has 2 amide bonds. The van der Waals surface area contributed by atoms with E-state index in [2.05, 4.69) is 10.6 Å². The molecule has 0 bridgehead atoms. The van der Waals surface area contributed by atoms with Gasteiger partial charge in [-0.1, -0.05) is 23.8 Å². The molecule has 0 radical (unpaired) electrons. The van der Waals surface area contributed by atoms with Gasteiger partial charge in [0.1, 0.15) is 6.54 Å². The number of ether oxygens (including phenoxy) is 1. The maximum Gasteiger partial charge on any atom is 0.325 e. The summed E-state index contributed by atoms with van der Waals surface area (Å²) in [6.45, 7) is 1.19. The van der Waals surface area contributed by atoms with Crippen molar-refractivity contribution in [3.63, 3.8) is 0 Å². The fraction of sp³-hybridized carbons (Fsp3) is 0.286. The summed E-state index contributed by atoms with van der Waals surface area (Å²) in [5, 5.41) is 5.20. The fourth-order valence-corrected chi connectivity index (χ4v) is 3.08. The van der Waals surface area contributed by atoms with Crippen LogP contribution in [-0.4, -0.2) is 30.9 Å². The number of fused-ring (bicyclic) bond motifs is 1. The van der Waals surface area contributed by atoms with Crippen molar-refractivity contribution in [2.24, 2.45) is 0 Å². The number of hydrogen-bond acceptors (Lipinski definition) is 4. The van der Waals surface area contributed by atoms with Gasteiger partial charge in [-0.25, -0.2) is 0 Å². The highest BCUT2D eigenvalue weighted by atomic mass is 16.5. The smallest absolute Gasteiger partial charge is 0.325 e. The second kappa shape index (κ2) is 8.49. The van der Waals surface area contributed by atoms with Crippen molar-refractivity contribution < 1.29 is 19.1 Å². The molecule has 140 valence electrons. The van der Waals surface area contributed by atoms with E-state index in [1.807, 2.05) is 31.2 Å². The molecule has 3 rings (SSSR count). The van der Waals surface area contributed by atoms with Crippen molar-refractivity contribution in [1.29, 1.82) is 0 Å². The third-order valence-corrected chi connectivity index (χ3v) is 4.42. The summed E-state index contributed by atoms with van der Waals surface area (Å²) in [6.07, 6.45) is 3.24. The first-order chi connectivity index (χ1) is 13.0. The standard InChI is InChI=1S/C21H22N2O4/c1-14-4-2-7-17(10-14)21(26)22-12-20(25)27-13-19(24)23-18-9-8-15-5-3-6-16(15)11-18/h2,4,7-11H,3,5-6,12-13H2,1H3,(H,22,26)(H,23,24). The summed E-state index contributed by atoms with van der Waals surface area (Å²) < 4.78 is 4.91. The van der Waals surface area contributed by atoms with E-state index in [0.717, 1.165) is 24.8 Å². The van der Waals surface area contributed by atoms with Crippen molar-refractivity contribution in [1.82, 2.24) is 5.32 Å². The van der Waals surface area contributed by atoms with Crippen LogP contribution in [0.15, 0.2) is 42.5 Å². The van der Waals surface area contributed by atoms with Crippen LogP contribution in [-0.2, 0) is 27.2 Å². The van der Waals surface area contributed by atoms with E-state index >= 15 is 0 Å². The van der Waals surface area contributed by atoms with E-state index < -0.39 is 18.5 Å². The van der Waals surface area contributed by atoms with Gasteiger partial charge in [0.05, 0.1) is 0 Å². The van der Waals surface area contributed by atoms with Crippen LogP contribution in [0.5, 0.6) is 0 Å². The molecular weight excluding hydrogens is 344 g/mol. The Balaban J connectivity index is 1.41. The fourth-order valence-electron chi connectivity index (χ4n) is 3.08.